The van der Waals surface area contributed by atoms with Crippen LogP contribution in [0.25, 0.3) is 0 Å². The molecule has 0 amide bonds. The van der Waals surface area contributed by atoms with E-state index in [4.69, 9.17) is 7.98 Å². The highest BCUT2D eigenvalue weighted by Gasteiger charge is 2.00. The summed E-state index contributed by atoms with van der Waals surface area (Å²) in [5, 5.41) is 2.44. The van der Waals surface area contributed by atoms with Crippen LogP contribution in [0.3, 0.4) is 0 Å². The van der Waals surface area contributed by atoms with Crippen molar-refractivity contribution in [2.75, 3.05) is 0 Å². The first-order valence-corrected chi connectivity index (χ1v) is 3.76. The summed E-state index contributed by atoms with van der Waals surface area (Å²) in [5.74, 6) is 0. The van der Waals surface area contributed by atoms with Gasteiger partial charge in [-0.25, -0.2) is 0 Å². The van der Waals surface area contributed by atoms with Crippen LogP contribution in [0.1, 0.15) is 32.6 Å². The molecule has 0 aliphatic heterocycles. The van der Waals surface area contributed by atoms with Crippen molar-refractivity contribution in [1.82, 2.24) is 5.23 Å². The Morgan fingerprint density at radius 3 is 2.70 bits per heavy atom. The van der Waals surface area contributed by atoms with Gasteiger partial charge in [-0.15, -0.1) is 0 Å². The average molecular weight is 139 g/mol. The third-order valence-corrected chi connectivity index (χ3v) is 1.50. The number of carbonyl (C=O) groups is 1. The summed E-state index contributed by atoms with van der Waals surface area (Å²) in [6.07, 6.45) is 5.13. The molecular formula is C7H14BNO. The van der Waals surface area contributed by atoms with E-state index in [1.54, 1.807) is 0 Å². The summed E-state index contributed by atoms with van der Waals surface area (Å²) in [4.78, 5) is 10.2. The van der Waals surface area contributed by atoms with Gasteiger partial charge in [0.2, 0.25) is 0 Å². The van der Waals surface area contributed by atoms with Crippen LogP contribution in [-0.4, -0.2) is 20.3 Å². The lowest BCUT2D eigenvalue weighted by Crippen LogP contribution is -2.27. The number of hydrogen-bond acceptors (Lipinski definition) is 2. The summed E-state index contributed by atoms with van der Waals surface area (Å²) in [5.41, 5.74) is 0. The largest absolute Gasteiger partial charge is 0.358 e. The lowest BCUT2D eigenvalue weighted by Gasteiger charge is -2.06. The van der Waals surface area contributed by atoms with E-state index in [2.05, 4.69) is 12.2 Å². The molecule has 56 valence electrons. The van der Waals surface area contributed by atoms with Gasteiger partial charge in [-0.3, -0.25) is 0 Å². The zero-order valence-electron chi connectivity index (χ0n) is 6.47. The Balaban J connectivity index is 3.17. The minimum Gasteiger partial charge on any atom is -0.358 e. The Bertz CT molecular complexity index is 87.7. The molecule has 0 rings (SSSR count). The highest BCUT2D eigenvalue weighted by molar-refractivity contribution is 6.05. The summed E-state index contributed by atoms with van der Waals surface area (Å²) in [6, 6.07) is -0.147. The van der Waals surface area contributed by atoms with Gasteiger partial charge >= 0.3 is 0 Å². The summed E-state index contributed by atoms with van der Waals surface area (Å²) < 4.78 is 0. The molecule has 10 heavy (non-hydrogen) atoms. The maximum atomic E-state index is 10.2. The summed E-state index contributed by atoms with van der Waals surface area (Å²) in [6.45, 7) is 2.13. The van der Waals surface area contributed by atoms with Gasteiger partial charge in [-0.1, -0.05) is 26.2 Å². The predicted octanol–water partition coefficient (Wildman–Crippen LogP) is 0.807. The maximum absolute atomic E-state index is 10.2. The van der Waals surface area contributed by atoms with Crippen LogP contribution in [0.4, 0.5) is 0 Å². The van der Waals surface area contributed by atoms with E-state index in [-0.39, 0.29) is 6.04 Å². The van der Waals surface area contributed by atoms with Gasteiger partial charge in [0.25, 0.3) is 0 Å². The summed E-state index contributed by atoms with van der Waals surface area (Å²) in [7, 11) is 5.08. The van der Waals surface area contributed by atoms with E-state index in [1.807, 2.05) is 0 Å². The zero-order chi connectivity index (χ0) is 7.82. The number of aldehydes is 1. The van der Waals surface area contributed by atoms with Gasteiger partial charge in [-0.2, -0.15) is 0 Å². The topological polar surface area (TPSA) is 29.1 Å². The molecule has 0 aromatic carbocycles. The predicted molar refractivity (Wildman–Crippen MR) is 42.9 cm³/mol. The monoisotopic (exact) mass is 139 g/mol. The van der Waals surface area contributed by atoms with Gasteiger partial charge < -0.3 is 10.0 Å². The Morgan fingerprint density at radius 2 is 2.30 bits per heavy atom. The van der Waals surface area contributed by atoms with Gasteiger partial charge in [-0.05, 0) is 6.42 Å². The number of hydrogen-bond donors (Lipinski definition) is 1. The minimum atomic E-state index is -0.147. The quantitative estimate of drug-likeness (QED) is 0.335. The van der Waals surface area contributed by atoms with E-state index in [0.29, 0.717) is 0 Å². The fourth-order valence-electron chi connectivity index (χ4n) is 0.805. The number of carbonyl (C=O) groups excluding carboxylic acids is 1. The van der Waals surface area contributed by atoms with Crippen molar-refractivity contribution >= 4 is 14.3 Å². The second kappa shape index (κ2) is 6.81. The van der Waals surface area contributed by atoms with Crippen LogP contribution in [-0.2, 0) is 4.79 Å². The highest BCUT2D eigenvalue weighted by Crippen LogP contribution is 2.00. The van der Waals surface area contributed by atoms with E-state index in [0.717, 1.165) is 19.1 Å². The molecule has 0 saturated heterocycles. The van der Waals surface area contributed by atoms with Crippen LogP contribution < -0.4 is 5.23 Å². The van der Waals surface area contributed by atoms with Crippen molar-refractivity contribution in [1.29, 1.82) is 0 Å². The fraction of sp³-hybridized carbons (Fsp3) is 0.857. The first-order chi connectivity index (χ1) is 4.85. The van der Waals surface area contributed by atoms with Crippen molar-refractivity contribution in [3.8, 4) is 0 Å². The average Bonchev–Trinajstić information content (AvgIpc) is 1.99. The molecule has 0 aromatic rings. The summed E-state index contributed by atoms with van der Waals surface area (Å²) >= 11 is 0. The molecule has 0 heterocycles. The molecule has 1 atom stereocenters. The first-order valence-electron chi connectivity index (χ1n) is 3.76. The van der Waals surface area contributed by atoms with Gasteiger partial charge in [0.1, 0.15) is 6.29 Å². The number of nitrogens with one attached hydrogen (secondary N) is 1. The SMILES string of the molecule is [B]NC(C=O)CCCCC. The van der Waals surface area contributed by atoms with Crippen molar-refractivity contribution in [3.05, 3.63) is 0 Å². The molecule has 0 aliphatic carbocycles. The Kier molecular flexibility index (Phi) is 6.60. The fourth-order valence-corrected chi connectivity index (χ4v) is 0.805. The van der Waals surface area contributed by atoms with E-state index >= 15 is 0 Å². The molecule has 0 aliphatic rings. The molecule has 0 saturated carbocycles. The van der Waals surface area contributed by atoms with Crippen LogP contribution in [0.2, 0.25) is 0 Å². The van der Waals surface area contributed by atoms with Gasteiger partial charge in [0.05, 0.1) is 6.04 Å². The first kappa shape index (κ1) is 9.69. The van der Waals surface area contributed by atoms with Crippen molar-refractivity contribution in [2.45, 2.75) is 38.6 Å². The van der Waals surface area contributed by atoms with Crippen LogP contribution in [0, 0.1) is 0 Å². The Morgan fingerprint density at radius 1 is 1.60 bits per heavy atom. The second-order valence-electron chi connectivity index (χ2n) is 2.41. The van der Waals surface area contributed by atoms with Crippen LogP contribution in [0.5, 0.6) is 0 Å². The number of unbranched alkanes of at least 4 members (excludes halogenated alkanes) is 2. The Labute approximate surface area is 63.8 Å². The molecule has 0 spiro atoms. The van der Waals surface area contributed by atoms with Crippen LogP contribution in [0.15, 0.2) is 0 Å². The molecule has 2 nitrogen and oxygen atoms in total. The zero-order valence-corrected chi connectivity index (χ0v) is 6.47. The van der Waals surface area contributed by atoms with Crippen molar-refractivity contribution in [3.63, 3.8) is 0 Å². The molecule has 2 radical (unpaired) electrons. The smallest absolute Gasteiger partial charge is 0.178 e. The van der Waals surface area contributed by atoms with Crippen molar-refractivity contribution in [2.24, 2.45) is 0 Å². The van der Waals surface area contributed by atoms with Crippen LogP contribution >= 0.6 is 0 Å². The lowest BCUT2D eigenvalue weighted by molar-refractivity contribution is -0.109. The molecule has 0 bridgehead atoms. The standard InChI is InChI=1S/C7H14BNO/c1-2-3-4-5-7(6-10)9-8/h6-7,9H,2-5H2,1H3. The lowest BCUT2D eigenvalue weighted by atomic mass is 10.1. The number of rotatable bonds is 6. The third kappa shape index (κ3) is 4.56. The molecule has 1 unspecified atom stereocenters. The Hall–Kier alpha value is -0.305. The molecular weight excluding hydrogens is 125 g/mol. The normalized spacial score (nSPS) is 12.9. The second-order valence-corrected chi connectivity index (χ2v) is 2.41. The molecule has 1 N–H and O–H groups in total. The van der Waals surface area contributed by atoms with E-state index in [1.165, 1.54) is 12.8 Å². The molecule has 3 heteroatoms. The van der Waals surface area contributed by atoms with E-state index in [9.17, 15) is 4.79 Å². The van der Waals surface area contributed by atoms with Crippen molar-refractivity contribution < 1.29 is 4.79 Å². The van der Waals surface area contributed by atoms with E-state index < -0.39 is 0 Å². The van der Waals surface area contributed by atoms with Gasteiger partial charge in [0, 0.05) is 0 Å². The highest BCUT2D eigenvalue weighted by atomic mass is 16.1. The third-order valence-electron chi connectivity index (χ3n) is 1.50. The molecule has 0 aromatic heterocycles. The molecule has 0 fully saturated rings. The maximum Gasteiger partial charge on any atom is 0.178 e. The van der Waals surface area contributed by atoms with Gasteiger partial charge in [0.15, 0.2) is 7.98 Å². The minimum absolute atomic E-state index is 0.147.